The first-order chi connectivity index (χ1) is 12.3. The number of carbonyl (C=O) groups excluding carboxylic acids is 1. The molecular weight excluding hydrogens is 334 g/mol. The second kappa shape index (κ2) is 8.66. The first-order valence-electron chi connectivity index (χ1n) is 8.72. The zero-order valence-electron chi connectivity index (χ0n) is 15.7. The van der Waals surface area contributed by atoms with Gasteiger partial charge in [0.05, 0.1) is 11.8 Å². The molecule has 0 spiro atoms. The predicted octanol–water partition coefficient (Wildman–Crippen LogP) is 2.94. The Balaban J connectivity index is 2.21. The van der Waals surface area contributed by atoms with Gasteiger partial charge in [-0.25, -0.2) is 14.5 Å². The van der Waals surface area contributed by atoms with Crippen molar-refractivity contribution in [3.05, 3.63) is 30.1 Å². The van der Waals surface area contributed by atoms with Crippen molar-refractivity contribution in [1.29, 1.82) is 0 Å². The van der Waals surface area contributed by atoms with Crippen LogP contribution in [0.2, 0.25) is 0 Å². The van der Waals surface area contributed by atoms with Crippen molar-refractivity contribution in [1.82, 2.24) is 20.1 Å². The lowest BCUT2D eigenvalue weighted by molar-refractivity contribution is 0.0689. The van der Waals surface area contributed by atoms with Crippen molar-refractivity contribution < 1.29 is 14.6 Å². The minimum absolute atomic E-state index is 0.333. The molecule has 0 unspecified atom stereocenters. The molecule has 0 atom stereocenters. The van der Waals surface area contributed by atoms with Crippen LogP contribution in [0.4, 0.5) is 10.6 Å². The number of carbonyl (C=O) groups is 1. The summed E-state index contributed by atoms with van der Waals surface area (Å²) in [5, 5.41) is 19.2. The Labute approximate surface area is 153 Å². The molecule has 2 rings (SSSR count). The zero-order valence-corrected chi connectivity index (χ0v) is 15.7. The minimum Gasteiger partial charge on any atom is -0.435 e. The highest BCUT2D eigenvalue weighted by molar-refractivity contribution is 5.89. The fourth-order valence-electron chi connectivity index (χ4n) is 2.45. The number of aromatic nitrogens is 3. The highest BCUT2D eigenvalue weighted by Crippen LogP contribution is 2.29. The number of nitrogens with zero attached hydrogens (tertiary/aromatic N) is 3. The van der Waals surface area contributed by atoms with Crippen molar-refractivity contribution >= 4 is 11.8 Å². The highest BCUT2D eigenvalue weighted by Gasteiger charge is 2.15. The standard InChI is InChI=1S/C18H27N5O3/c1-5-23-15(8-10-21-23)26-14-11-13(7-6-9-18(2,3)25)12-20-16(14)22-17(24)19-4/h8,10-12,25H,5-7,9H2,1-4H3,(H2,19,20,22,24). The van der Waals surface area contributed by atoms with Gasteiger partial charge in [0.1, 0.15) is 0 Å². The van der Waals surface area contributed by atoms with Crippen molar-refractivity contribution in [3.8, 4) is 11.6 Å². The van der Waals surface area contributed by atoms with Crippen molar-refractivity contribution in [2.45, 2.75) is 52.2 Å². The summed E-state index contributed by atoms with van der Waals surface area (Å²) in [6.07, 6.45) is 5.62. The van der Waals surface area contributed by atoms with E-state index in [9.17, 15) is 9.90 Å². The fraction of sp³-hybridized carbons (Fsp3) is 0.500. The van der Waals surface area contributed by atoms with Crippen LogP contribution in [0.25, 0.3) is 0 Å². The van der Waals surface area contributed by atoms with E-state index < -0.39 is 5.60 Å². The average molecular weight is 361 g/mol. The lowest BCUT2D eigenvalue weighted by Crippen LogP contribution is -2.25. The van der Waals surface area contributed by atoms with E-state index in [-0.39, 0.29) is 6.03 Å². The summed E-state index contributed by atoms with van der Waals surface area (Å²) in [6.45, 7) is 6.22. The molecule has 26 heavy (non-hydrogen) atoms. The third kappa shape index (κ3) is 5.73. The molecule has 2 aromatic rings. The molecule has 0 radical (unpaired) electrons. The summed E-state index contributed by atoms with van der Waals surface area (Å²) in [6, 6.07) is 3.24. The van der Waals surface area contributed by atoms with Gasteiger partial charge >= 0.3 is 6.03 Å². The number of aryl methyl sites for hydroxylation is 2. The summed E-state index contributed by atoms with van der Waals surface area (Å²) >= 11 is 0. The van der Waals surface area contributed by atoms with Crippen LogP contribution in [0.5, 0.6) is 11.6 Å². The fourth-order valence-corrected chi connectivity index (χ4v) is 2.45. The number of aliphatic hydroxyl groups is 1. The van der Waals surface area contributed by atoms with Crippen LogP contribution in [0, 0.1) is 0 Å². The Kier molecular flexibility index (Phi) is 6.57. The Morgan fingerprint density at radius 2 is 2.19 bits per heavy atom. The number of urea groups is 1. The molecule has 2 amide bonds. The van der Waals surface area contributed by atoms with Gasteiger partial charge in [0, 0.05) is 25.9 Å². The van der Waals surface area contributed by atoms with Gasteiger partial charge in [0.2, 0.25) is 5.88 Å². The van der Waals surface area contributed by atoms with E-state index in [1.807, 2.05) is 13.0 Å². The van der Waals surface area contributed by atoms with E-state index in [1.54, 1.807) is 37.0 Å². The largest absolute Gasteiger partial charge is 0.435 e. The lowest BCUT2D eigenvalue weighted by Gasteiger charge is -2.17. The minimum atomic E-state index is -0.693. The predicted molar refractivity (Wildman–Crippen MR) is 99.5 cm³/mol. The molecule has 8 nitrogen and oxygen atoms in total. The molecule has 0 saturated carbocycles. The summed E-state index contributed by atoms with van der Waals surface area (Å²) in [7, 11) is 1.53. The van der Waals surface area contributed by atoms with Crippen LogP contribution < -0.4 is 15.4 Å². The van der Waals surface area contributed by atoms with Gasteiger partial charge in [0.15, 0.2) is 11.6 Å². The number of pyridine rings is 1. The Morgan fingerprint density at radius 1 is 1.42 bits per heavy atom. The average Bonchev–Trinajstić information content (AvgIpc) is 3.03. The molecule has 142 valence electrons. The van der Waals surface area contributed by atoms with Crippen LogP contribution in [-0.4, -0.2) is 38.6 Å². The zero-order chi connectivity index (χ0) is 19.2. The second-order valence-electron chi connectivity index (χ2n) is 6.65. The van der Waals surface area contributed by atoms with Crippen molar-refractivity contribution in [2.75, 3.05) is 12.4 Å². The third-order valence-electron chi connectivity index (χ3n) is 3.81. The number of amides is 2. The van der Waals surface area contributed by atoms with Gasteiger partial charge in [0.25, 0.3) is 0 Å². The monoisotopic (exact) mass is 361 g/mol. The Hall–Kier alpha value is -2.61. The van der Waals surface area contributed by atoms with Gasteiger partial charge < -0.3 is 15.2 Å². The first-order valence-corrected chi connectivity index (χ1v) is 8.72. The molecule has 0 aromatic carbocycles. The molecule has 8 heteroatoms. The molecule has 2 heterocycles. The quantitative estimate of drug-likeness (QED) is 0.671. The smallest absolute Gasteiger partial charge is 0.320 e. The van der Waals surface area contributed by atoms with Crippen molar-refractivity contribution in [3.63, 3.8) is 0 Å². The van der Waals surface area contributed by atoms with E-state index in [4.69, 9.17) is 4.74 Å². The van der Waals surface area contributed by atoms with Crippen LogP contribution in [0.1, 0.15) is 39.2 Å². The molecule has 0 saturated heterocycles. The lowest BCUT2D eigenvalue weighted by atomic mass is 9.99. The Bertz CT molecular complexity index is 737. The summed E-state index contributed by atoms with van der Waals surface area (Å²) < 4.78 is 7.66. The maximum absolute atomic E-state index is 11.7. The maximum Gasteiger partial charge on any atom is 0.320 e. The van der Waals surface area contributed by atoms with E-state index in [0.29, 0.717) is 30.4 Å². The molecule has 2 aromatic heterocycles. The number of anilines is 1. The van der Waals surface area contributed by atoms with Crippen LogP contribution in [0.3, 0.4) is 0 Å². The molecular formula is C18H27N5O3. The summed E-state index contributed by atoms with van der Waals surface area (Å²) in [5.74, 6) is 1.35. The summed E-state index contributed by atoms with van der Waals surface area (Å²) in [5.41, 5.74) is 0.274. The van der Waals surface area contributed by atoms with Crippen LogP contribution >= 0.6 is 0 Å². The number of hydrogen-bond donors (Lipinski definition) is 3. The number of ether oxygens (including phenoxy) is 1. The number of nitrogens with one attached hydrogen (secondary N) is 2. The van der Waals surface area contributed by atoms with Gasteiger partial charge in [-0.3, -0.25) is 5.32 Å². The maximum atomic E-state index is 11.7. The van der Waals surface area contributed by atoms with E-state index in [0.717, 1.165) is 18.4 Å². The van der Waals surface area contributed by atoms with Gasteiger partial charge in [-0.1, -0.05) is 0 Å². The third-order valence-corrected chi connectivity index (χ3v) is 3.81. The van der Waals surface area contributed by atoms with Crippen molar-refractivity contribution in [2.24, 2.45) is 0 Å². The molecule has 0 bridgehead atoms. The molecule has 0 fully saturated rings. The topological polar surface area (TPSA) is 101 Å². The van der Waals surface area contributed by atoms with E-state index in [2.05, 4.69) is 20.7 Å². The molecule has 0 aliphatic carbocycles. The van der Waals surface area contributed by atoms with E-state index >= 15 is 0 Å². The molecule has 0 aliphatic heterocycles. The summed E-state index contributed by atoms with van der Waals surface area (Å²) in [4.78, 5) is 16.0. The second-order valence-corrected chi connectivity index (χ2v) is 6.65. The molecule has 0 aliphatic rings. The normalized spacial score (nSPS) is 11.3. The number of hydrogen-bond acceptors (Lipinski definition) is 5. The SMILES string of the molecule is CCn1nccc1Oc1cc(CCCC(C)(C)O)cnc1NC(=O)NC. The number of rotatable bonds is 8. The van der Waals surface area contributed by atoms with Gasteiger partial charge in [-0.15, -0.1) is 0 Å². The van der Waals surface area contributed by atoms with Crippen LogP contribution in [0.15, 0.2) is 24.5 Å². The van der Waals surface area contributed by atoms with Gasteiger partial charge in [-0.05, 0) is 51.7 Å². The highest BCUT2D eigenvalue weighted by atomic mass is 16.5. The van der Waals surface area contributed by atoms with E-state index in [1.165, 1.54) is 7.05 Å². The first kappa shape index (κ1) is 19.7. The van der Waals surface area contributed by atoms with Crippen LogP contribution in [-0.2, 0) is 13.0 Å². The van der Waals surface area contributed by atoms with Gasteiger partial charge in [-0.2, -0.15) is 5.10 Å². The molecule has 3 N–H and O–H groups in total. The Morgan fingerprint density at radius 3 is 2.85 bits per heavy atom.